The molecule has 0 bridgehead atoms. The molecule has 0 aliphatic carbocycles. The standard InChI is InChI=1S/C20H20ClN3O4S/c1-12(25)22-20-23-24(13(2)26)19(29-20)15-9-16(21)18(17(10-15)27-3)28-11-14-7-5-4-6-8-14/h4-10,19H,11H2,1-3H3,(H,22,23,25)/t19-/m0/s1. The topological polar surface area (TPSA) is 80.2 Å². The third-order valence-electron chi connectivity index (χ3n) is 4.01. The van der Waals surface area contributed by atoms with E-state index in [1.807, 2.05) is 30.3 Å². The lowest BCUT2D eigenvalue weighted by Crippen LogP contribution is -2.25. The Morgan fingerprint density at radius 3 is 2.59 bits per heavy atom. The number of halogens is 1. The van der Waals surface area contributed by atoms with E-state index >= 15 is 0 Å². The minimum Gasteiger partial charge on any atom is -0.493 e. The fraction of sp³-hybridized carbons (Fsp3) is 0.250. The number of carbonyl (C=O) groups is 2. The highest BCUT2D eigenvalue weighted by atomic mass is 35.5. The molecular weight excluding hydrogens is 414 g/mol. The van der Waals surface area contributed by atoms with Gasteiger partial charge in [-0.05, 0) is 23.3 Å². The fourth-order valence-electron chi connectivity index (χ4n) is 2.73. The van der Waals surface area contributed by atoms with Gasteiger partial charge in [0, 0.05) is 13.8 Å². The van der Waals surface area contributed by atoms with Crippen molar-refractivity contribution in [2.24, 2.45) is 5.10 Å². The molecule has 7 nitrogen and oxygen atoms in total. The number of nitrogens with one attached hydrogen (secondary N) is 1. The Hall–Kier alpha value is -2.71. The van der Waals surface area contributed by atoms with E-state index in [0.717, 1.165) is 5.56 Å². The molecule has 0 spiro atoms. The van der Waals surface area contributed by atoms with Crippen molar-refractivity contribution in [1.82, 2.24) is 10.3 Å². The predicted molar refractivity (Wildman–Crippen MR) is 113 cm³/mol. The van der Waals surface area contributed by atoms with Crippen molar-refractivity contribution < 1.29 is 19.1 Å². The maximum absolute atomic E-state index is 12.0. The van der Waals surface area contributed by atoms with Gasteiger partial charge in [0.1, 0.15) is 12.0 Å². The molecule has 2 amide bonds. The Kier molecular flexibility index (Phi) is 6.66. The number of methoxy groups -OCH3 is 1. The highest BCUT2D eigenvalue weighted by molar-refractivity contribution is 8.14. The summed E-state index contributed by atoms with van der Waals surface area (Å²) in [7, 11) is 1.52. The number of nitrogens with zero attached hydrogens (tertiary/aromatic N) is 2. The van der Waals surface area contributed by atoms with Gasteiger partial charge in [-0.1, -0.05) is 53.7 Å². The van der Waals surface area contributed by atoms with Crippen LogP contribution in [-0.4, -0.2) is 29.1 Å². The summed E-state index contributed by atoms with van der Waals surface area (Å²) in [6.45, 7) is 3.13. The molecule has 29 heavy (non-hydrogen) atoms. The zero-order chi connectivity index (χ0) is 21.0. The maximum Gasteiger partial charge on any atom is 0.241 e. The number of benzene rings is 2. The van der Waals surface area contributed by atoms with Gasteiger partial charge in [-0.3, -0.25) is 9.59 Å². The molecule has 2 aromatic carbocycles. The quantitative estimate of drug-likeness (QED) is 0.772. The smallest absolute Gasteiger partial charge is 0.241 e. The van der Waals surface area contributed by atoms with Gasteiger partial charge in [0.05, 0.1) is 12.1 Å². The van der Waals surface area contributed by atoms with Gasteiger partial charge in [-0.2, -0.15) is 0 Å². The second kappa shape index (κ2) is 9.19. The van der Waals surface area contributed by atoms with Crippen molar-refractivity contribution in [3.8, 4) is 11.5 Å². The molecule has 1 aliphatic heterocycles. The molecule has 1 heterocycles. The first-order valence-electron chi connectivity index (χ1n) is 8.76. The van der Waals surface area contributed by atoms with Crippen LogP contribution in [0, 0.1) is 0 Å². The highest BCUT2D eigenvalue weighted by Crippen LogP contribution is 2.44. The Morgan fingerprint density at radius 1 is 1.24 bits per heavy atom. The van der Waals surface area contributed by atoms with Gasteiger partial charge < -0.3 is 14.8 Å². The number of hydrazone groups is 1. The largest absolute Gasteiger partial charge is 0.493 e. The highest BCUT2D eigenvalue weighted by Gasteiger charge is 2.33. The molecule has 0 aromatic heterocycles. The van der Waals surface area contributed by atoms with Crippen molar-refractivity contribution in [2.75, 3.05) is 7.11 Å². The van der Waals surface area contributed by atoms with Crippen molar-refractivity contribution in [1.29, 1.82) is 0 Å². The molecular formula is C20H20ClN3O4S. The Morgan fingerprint density at radius 2 is 1.97 bits per heavy atom. The first-order chi connectivity index (χ1) is 13.9. The van der Waals surface area contributed by atoms with Crippen LogP contribution in [0.15, 0.2) is 47.6 Å². The van der Waals surface area contributed by atoms with Crippen LogP contribution in [0.25, 0.3) is 0 Å². The minimum absolute atomic E-state index is 0.262. The van der Waals surface area contributed by atoms with E-state index in [-0.39, 0.29) is 11.8 Å². The molecule has 0 saturated carbocycles. The third kappa shape index (κ3) is 5.02. The summed E-state index contributed by atoms with van der Waals surface area (Å²) in [5.74, 6) is 0.339. The molecule has 9 heteroatoms. The summed E-state index contributed by atoms with van der Waals surface area (Å²) >= 11 is 7.72. The zero-order valence-electron chi connectivity index (χ0n) is 16.1. The molecule has 0 unspecified atom stereocenters. The van der Waals surface area contributed by atoms with E-state index in [2.05, 4.69) is 10.4 Å². The van der Waals surface area contributed by atoms with Crippen molar-refractivity contribution in [3.63, 3.8) is 0 Å². The molecule has 2 aromatic rings. The van der Waals surface area contributed by atoms with Gasteiger partial charge in [0.25, 0.3) is 0 Å². The molecule has 1 aliphatic rings. The van der Waals surface area contributed by atoms with Crippen molar-refractivity contribution >= 4 is 40.3 Å². The van der Waals surface area contributed by atoms with Gasteiger partial charge in [-0.15, -0.1) is 5.10 Å². The van der Waals surface area contributed by atoms with E-state index in [1.165, 1.54) is 37.7 Å². The Bertz CT molecular complexity index is 952. The van der Waals surface area contributed by atoms with Gasteiger partial charge in [0.15, 0.2) is 16.7 Å². The molecule has 0 fully saturated rings. The van der Waals surface area contributed by atoms with E-state index in [1.54, 1.807) is 12.1 Å². The van der Waals surface area contributed by atoms with Crippen LogP contribution in [0.4, 0.5) is 0 Å². The minimum atomic E-state index is -0.482. The van der Waals surface area contributed by atoms with Crippen LogP contribution < -0.4 is 14.8 Å². The van der Waals surface area contributed by atoms with Crippen LogP contribution in [0.2, 0.25) is 5.02 Å². The van der Waals surface area contributed by atoms with Gasteiger partial charge in [-0.25, -0.2) is 5.01 Å². The van der Waals surface area contributed by atoms with Crippen LogP contribution in [-0.2, 0) is 16.2 Å². The van der Waals surface area contributed by atoms with Crippen LogP contribution in [0.1, 0.15) is 30.3 Å². The molecule has 0 radical (unpaired) electrons. The first kappa shape index (κ1) is 21.0. The number of amides is 2. The second-order valence-electron chi connectivity index (χ2n) is 6.23. The zero-order valence-corrected chi connectivity index (χ0v) is 17.7. The summed E-state index contributed by atoms with van der Waals surface area (Å²) in [5.41, 5.74) is 1.69. The summed E-state index contributed by atoms with van der Waals surface area (Å²) in [6.07, 6.45) is 0. The van der Waals surface area contributed by atoms with E-state index in [4.69, 9.17) is 21.1 Å². The number of ether oxygens (including phenoxy) is 2. The van der Waals surface area contributed by atoms with E-state index in [0.29, 0.717) is 33.9 Å². The average Bonchev–Trinajstić information content (AvgIpc) is 3.10. The summed E-state index contributed by atoms with van der Waals surface area (Å²) < 4.78 is 11.4. The van der Waals surface area contributed by atoms with Crippen molar-refractivity contribution in [2.45, 2.75) is 25.8 Å². The third-order valence-corrected chi connectivity index (χ3v) is 5.40. The van der Waals surface area contributed by atoms with Crippen molar-refractivity contribution in [3.05, 3.63) is 58.6 Å². The maximum atomic E-state index is 12.0. The lowest BCUT2D eigenvalue weighted by molar-refractivity contribution is -0.129. The number of hydrogen-bond donors (Lipinski definition) is 1. The van der Waals surface area contributed by atoms with E-state index in [9.17, 15) is 9.59 Å². The van der Waals surface area contributed by atoms with Crippen LogP contribution in [0.3, 0.4) is 0 Å². The molecule has 3 rings (SSSR count). The monoisotopic (exact) mass is 433 g/mol. The van der Waals surface area contributed by atoms with Crippen LogP contribution in [0.5, 0.6) is 11.5 Å². The lowest BCUT2D eigenvalue weighted by Gasteiger charge is -2.21. The number of rotatable bonds is 5. The summed E-state index contributed by atoms with van der Waals surface area (Å²) in [5, 5.41) is 8.31. The Labute approximate surface area is 178 Å². The van der Waals surface area contributed by atoms with Crippen LogP contribution >= 0.6 is 23.4 Å². The number of hydrogen-bond acceptors (Lipinski definition) is 6. The van der Waals surface area contributed by atoms with E-state index < -0.39 is 5.37 Å². The average molecular weight is 434 g/mol. The predicted octanol–water partition coefficient (Wildman–Crippen LogP) is 3.93. The fourth-order valence-corrected chi connectivity index (χ4v) is 4.12. The summed E-state index contributed by atoms with van der Waals surface area (Å²) in [4.78, 5) is 23.4. The number of carbonyl (C=O) groups excluding carboxylic acids is 2. The summed E-state index contributed by atoms with van der Waals surface area (Å²) in [6, 6.07) is 13.2. The molecule has 1 atom stereocenters. The number of thioether (sulfide) groups is 1. The molecule has 1 N–H and O–H groups in total. The molecule has 152 valence electrons. The second-order valence-corrected chi connectivity index (χ2v) is 7.70. The van der Waals surface area contributed by atoms with Gasteiger partial charge >= 0.3 is 0 Å². The SMILES string of the molecule is COc1cc([C@@H]2SC(NC(C)=O)=NN2C(C)=O)cc(Cl)c1OCc1ccccc1. The Balaban J connectivity index is 1.86. The molecule has 0 saturated heterocycles. The van der Waals surface area contributed by atoms with Gasteiger partial charge in [0.2, 0.25) is 11.8 Å². The first-order valence-corrected chi connectivity index (χ1v) is 10.0. The number of amidine groups is 1. The lowest BCUT2D eigenvalue weighted by atomic mass is 10.2. The normalized spacial score (nSPS) is 15.7.